The molecule has 2 aromatic rings. The molecule has 0 radical (unpaired) electrons. The van der Waals surface area contributed by atoms with Crippen LogP contribution < -0.4 is 10.3 Å². The van der Waals surface area contributed by atoms with Crippen molar-refractivity contribution in [2.24, 2.45) is 0 Å². The average molecular weight is 348 g/mol. The highest BCUT2D eigenvalue weighted by molar-refractivity contribution is 7.92. The van der Waals surface area contributed by atoms with Crippen LogP contribution in [0.3, 0.4) is 0 Å². The van der Waals surface area contributed by atoms with Crippen LogP contribution in [0.25, 0.3) is 0 Å². The van der Waals surface area contributed by atoms with Gasteiger partial charge in [0.05, 0.1) is 24.0 Å². The molecular formula is C12H11Cl2N3O3S. The summed E-state index contributed by atoms with van der Waals surface area (Å²) < 4.78 is 25.7. The van der Waals surface area contributed by atoms with Crippen molar-refractivity contribution in [1.82, 2.24) is 9.78 Å². The molecule has 1 N–H and O–H groups in total. The number of nitrogens with one attached hydrogen (secondary N) is 1. The fourth-order valence-corrected chi connectivity index (χ4v) is 2.46. The summed E-state index contributed by atoms with van der Waals surface area (Å²) in [5.41, 5.74) is 0.722. The number of anilines is 1. The van der Waals surface area contributed by atoms with E-state index in [1.807, 2.05) is 0 Å². The van der Waals surface area contributed by atoms with Gasteiger partial charge in [-0.1, -0.05) is 35.3 Å². The van der Waals surface area contributed by atoms with Crippen molar-refractivity contribution >= 4 is 38.9 Å². The van der Waals surface area contributed by atoms with Gasteiger partial charge in [0.2, 0.25) is 10.0 Å². The third-order valence-corrected chi connectivity index (χ3v) is 3.89. The molecule has 9 heteroatoms. The lowest BCUT2D eigenvalue weighted by Gasteiger charge is -2.07. The van der Waals surface area contributed by atoms with E-state index in [0.717, 1.165) is 11.8 Å². The lowest BCUT2D eigenvalue weighted by molar-refractivity contribution is 0.607. The van der Waals surface area contributed by atoms with Crippen molar-refractivity contribution in [2.45, 2.75) is 6.54 Å². The summed E-state index contributed by atoms with van der Waals surface area (Å²) in [6, 6.07) is 6.56. The average Bonchev–Trinajstić information content (AvgIpc) is 2.40. The van der Waals surface area contributed by atoms with Crippen molar-refractivity contribution in [3.8, 4) is 0 Å². The summed E-state index contributed by atoms with van der Waals surface area (Å²) in [4.78, 5) is 11.8. The van der Waals surface area contributed by atoms with Crippen LogP contribution in [0.15, 0.2) is 35.3 Å². The maximum absolute atomic E-state index is 11.8. The number of nitrogens with zero attached hydrogens (tertiary/aromatic N) is 2. The zero-order chi connectivity index (χ0) is 15.6. The van der Waals surface area contributed by atoms with Gasteiger partial charge >= 0.3 is 0 Å². The van der Waals surface area contributed by atoms with E-state index in [1.54, 1.807) is 24.3 Å². The summed E-state index contributed by atoms with van der Waals surface area (Å²) in [6.07, 6.45) is 2.37. The van der Waals surface area contributed by atoms with Crippen molar-refractivity contribution < 1.29 is 8.42 Å². The Balaban J connectivity index is 2.22. The SMILES string of the molecule is CS(=O)(=O)Nc1ccc(Cn2ncc(Cl)c(Cl)c2=O)cc1. The molecular weight excluding hydrogens is 337 g/mol. The van der Waals surface area contributed by atoms with Crippen LogP contribution in [0, 0.1) is 0 Å². The zero-order valence-corrected chi connectivity index (χ0v) is 13.2. The first-order valence-corrected chi connectivity index (χ1v) is 8.39. The van der Waals surface area contributed by atoms with E-state index in [2.05, 4.69) is 9.82 Å². The van der Waals surface area contributed by atoms with E-state index in [4.69, 9.17) is 23.2 Å². The number of sulfonamides is 1. The quantitative estimate of drug-likeness (QED) is 0.916. The molecule has 6 nitrogen and oxygen atoms in total. The summed E-state index contributed by atoms with van der Waals surface area (Å²) in [7, 11) is -3.32. The van der Waals surface area contributed by atoms with Gasteiger partial charge < -0.3 is 0 Å². The first-order chi connectivity index (χ1) is 9.76. The molecule has 1 aromatic heterocycles. The summed E-state index contributed by atoms with van der Waals surface area (Å²) >= 11 is 11.5. The minimum absolute atomic E-state index is 0.0815. The Bertz CT molecular complexity index is 817. The Kier molecular flexibility index (Phi) is 4.55. The van der Waals surface area contributed by atoms with Crippen LogP contribution >= 0.6 is 23.2 Å². The topological polar surface area (TPSA) is 81.1 Å². The Morgan fingerprint density at radius 1 is 1.24 bits per heavy atom. The Hall–Kier alpha value is -1.57. The van der Waals surface area contributed by atoms with Crippen LogP contribution in [0.1, 0.15) is 5.56 Å². The van der Waals surface area contributed by atoms with Crippen molar-refractivity contribution in [1.29, 1.82) is 0 Å². The van der Waals surface area contributed by atoms with Crippen molar-refractivity contribution in [3.63, 3.8) is 0 Å². The van der Waals surface area contributed by atoms with Gasteiger partial charge in [-0.15, -0.1) is 0 Å². The number of benzene rings is 1. The zero-order valence-electron chi connectivity index (χ0n) is 10.9. The highest BCUT2D eigenvalue weighted by Gasteiger charge is 2.08. The molecule has 0 aliphatic carbocycles. The molecule has 0 saturated carbocycles. The van der Waals surface area contributed by atoms with Crippen molar-refractivity contribution in [3.05, 3.63) is 56.4 Å². The first kappa shape index (κ1) is 15.8. The van der Waals surface area contributed by atoms with Gasteiger partial charge in [-0.3, -0.25) is 9.52 Å². The fraction of sp³-hybridized carbons (Fsp3) is 0.167. The highest BCUT2D eigenvalue weighted by atomic mass is 35.5. The summed E-state index contributed by atoms with van der Waals surface area (Å²) in [5.74, 6) is 0. The van der Waals surface area contributed by atoms with Crippen LogP contribution in [-0.2, 0) is 16.6 Å². The van der Waals surface area contributed by atoms with Crippen molar-refractivity contribution in [2.75, 3.05) is 11.0 Å². The number of hydrogen-bond acceptors (Lipinski definition) is 4. The second kappa shape index (κ2) is 6.05. The number of rotatable bonds is 4. The number of hydrogen-bond donors (Lipinski definition) is 1. The third-order valence-electron chi connectivity index (χ3n) is 2.53. The van der Waals surface area contributed by atoms with Gasteiger partial charge in [0.15, 0.2) is 0 Å². The maximum Gasteiger partial charge on any atom is 0.287 e. The second-order valence-electron chi connectivity index (χ2n) is 4.34. The van der Waals surface area contributed by atoms with Gasteiger partial charge in [-0.2, -0.15) is 5.10 Å². The molecule has 0 fully saturated rings. The number of halogens is 2. The van der Waals surface area contributed by atoms with Crippen LogP contribution in [0.5, 0.6) is 0 Å². The molecule has 0 spiro atoms. The Labute approximate surface area is 131 Å². The molecule has 0 aliphatic heterocycles. The minimum atomic E-state index is -3.32. The van der Waals surface area contributed by atoms with E-state index < -0.39 is 15.6 Å². The minimum Gasteiger partial charge on any atom is -0.284 e. The van der Waals surface area contributed by atoms with E-state index in [1.165, 1.54) is 10.9 Å². The summed E-state index contributed by atoms with van der Waals surface area (Å²) in [6.45, 7) is 0.203. The van der Waals surface area contributed by atoms with E-state index in [-0.39, 0.29) is 16.6 Å². The predicted octanol–water partition coefficient (Wildman–Crippen LogP) is 1.97. The van der Waals surface area contributed by atoms with E-state index in [0.29, 0.717) is 5.69 Å². The third kappa shape index (κ3) is 4.20. The molecule has 1 aromatic carbocycles. The predicted molar refractivity (Wildman–Crippen MR) is 82.5 cm³/mol. The highest BCUT2D eigenvalue weighted by Crippen LogP contribution is 2.15. The standard InChI is InChI=1S/C12H11Cl2N3O3S/c1-21(19,20)16-9-4-2-8(3-5-9)7-17-12(18)11(14)10(13)6-15-17/h2-6,16H,7H2,1H3. The van der Waals surface area contributed by atoms with Gasteiger partial charge in [0, 0.05) is 5.69 Å². The molecule has 0 atom stereocenters. The molecule has 0 aliphatic rings. The van der Waals surface area contributed by atoms with Crippen LogP contribution in [0.4, 0.5) is 5.69 Å². The monoisotopic (exact) mass is 347 g/mol. The molecule has 0 saturated heterocycles. The maximum atomic E-state index is 11.8. The van der Waals surface area contributed by atoms with Crippen LogP contribution in [0.2, 0.25) is 10.0 Å². The summed E-state index contributed by atoms with van der Waals surface area (Å²) in [5, 5.41) is 3.91. The normalized spacial score (nSPS) is 11.4. The molecule has 2 rings (SSSR count). The fourth-order valence-electron chi connectivity index (χ4n) is 1.62. The molecule has 21 heavy (non-hydrogen) atoms. The Morgan fingerprint density at radius 2 is 1.86 bits per heavy atom. The van der Waals surface area contributed by atoms with Gasteiger partial charge in [0.25, 0.3) is 5.56 Å². The van der Waals surface area contributed by atoms with Gasteiger partial charge in [-0.05, 0) is 17.7 Å². The molecule has 0 unspecified atom stereocenters. The molecule has 0 amide bonds. The molecule has 0 bridgehead atoms. The molecule has 112 valence electrons. The van der Waals surface area contributed by atoms with E-state index >= 15 is 0 Å². The second-order valence-corrected chi connectivity index (χ2v) is 6.87. The van der Waals surface area contributed by atoms with Gasteiger partial charge in [0.1, 0.15) is 5.02 Å². The van der Waals surface area contributed by atoms with E-state index in [9.17, 15) is 13.2 Å². The molecule has 1 heterocycles. The smallest absolute Gasteiger partial charge is 0.284 e. The lowest BCUT2D eigenvalue weighted by Crippen LogP contribution is -2.23. The first-order valence-electron chi connectivity index (χ1n) is 5.74. The van der Waals surface area contributed by atoms with Gasteiger partial charge in [-0.25, -0.2) is 13.1 Å². The lowest BCUT2D eigenvalue weighted by atomic mass is 10.2. The number of aromatic nitrogens is 2. The largest absolute Gasteiger partial charge is 0.287 e. The van der Waals surface area contributed by atoms with Crippen LogP contribution in [-0.4, -0.2) is 24.5 Å². The Morgan fingerprint density at radius 3 is 2.43 bits per heavy atom.